The quantitative estimate of drug-likeness (QED) is 0.469. The molecule has 0 aromatic carbocycles. The summed E-state index contributed by atoms with van der Waals surface area (Å²) in [6.45, 7) is 26.0. The zero-order valence-electron chi connectivity index (χ0n) is 15.5. The van der Waals surface area contributed by atoms with Gasteiger partial charge in [0.25, 0.3) is 0 Å². The first-order chi connectivity index (χ1) is 8.80. The van der Waals surface area contributed by atoms with Gasteiger partial charge in [-0.15, -0.1) is 6.58 Å². The molecule has 1 fully saturated rings. The molecule has 1 unspecified atom stereocenters. The lowest BCUT2D eigenvalue weighted by Crippen LogP contribution is -2.59. The molecule has 0 nitrogen and oxygen atoms in total. The number of allylic oxidation sites excluding steroid dienone is 1. The summed E-state index contributed by atoms with van der Waals surface area (Å²) in [5, 5.41) is 0. The van der Waals surface area contributed by atoms with Crippen LogP contribution in [0.25, 0.3) is 0 Å². The zero-order valence-corrected chi connectivity index (χ0v) is 15.5. The highest BCUT2D eigenvalue weighted by atomic mass is 14.7. The van der Waals surface area contributed by atoms with Crippen molar-refractivity contribution in [1.82, 2.24) is 0 Å². The smallest absolute Gasteiger partial charge is 0.00705 e. The molecule has 0 heteroatoms. The van der Waals surface area contributed by atoms with E-state index in [0.717, 1.165) is 0 Å². The second kappa shape index (κ2) is 5.18. The van der Waals surface area contributed by atoms with Gasteiger partial charge in [0.15, 0.2) is 0 Å². The zero-order chi connectivity index (χ0) is 16.0. The van der Waals surface area contributed by atoms with Crippen molar-refractivity contribution in [1.29, 1.82) is 0 Å². The van der Waals surface area contributed by atoms with Crippen molar-refractivity contribution in [2.75, 3.05) is 0 Å². The highest BCUT2D eigenvalue weighted by molar-refractivity contribution is 5.26. The molecule has 0 spiro atoms. The van der Waals surface area contributed by atoms with Gasteiger partial charge in [0, 0.05) is 0 Å². The van der Waals surface area contributed by atoms with Crippen molar-refractivity contribution >= 4 is 0 Å². The molecule has 0 aromatic heterocycles. The van der Waals surface area contributed by atoms with Gasteiger partial charge in [-0.2, -0.15) is 0 Å². The van der Waals surface area contributed by atoms with Crippen molar-refractivity contribution in [3.63, 3.8) is 0 Å². The summed E-state index contributed by atoms with van der Waals surface area (Å²) < 4.78 is 0. The lowest BCUT2D eigenvalue weighted by atomic mass is 9.38. The second-order valence-electron chi connectivity index (χ2n) is 9.77. The fraction of sp³-hybridized carbons (Fsp3) is 0.850. The molecule has 117 valence electrons. The van der Waals surface area contributed by atoms with Gasteiger partial charge in [0.05, 0.1) is 0 Å². The topological polar surface area (TPSA) is 0 Å². The Balaban J connectivity index is 3.62. The third-order valence-electron chi connectivity index (χ3n) is 5.53. The van der Waals surface area contributed by atoms with Gasteiger partial charge in [0.2, 0.25) is 0 Å². The van der Waals surface area contributed by atoms with Gasteiger partial charge in [0.1, 0.15) is 0 Å². The molecular formula is C20H37. The monoisotopic (exact) mass is 277 g/mol. The van der Waals surface area contributed by atoms with E-state index in [2.05, 4.69) is 75.0 Å². The van der Waals surface area contributed by atoms with Crippen LogP contribution in [0.3, 0.4) is 0 Å². The average molecular weight is 278 g/mol. The maximum Gasteiger partial charge on any atom is -0.00705 e. The number of hydrogen-bond acceptors (Lipinski definition) is 0. The van der Waals surface area contributed by atoms with Crippen LogP contribution in [0.2, 0.25) is 0 Å². The molecule has 0 saturated heterocycles. The molecule has 0 amide bonds. The fourth-order valence-corrected chi connectivity index (χ4v) is 5.54. The van der Waals surface area contributed by atoms with Gasteiger partial charge >= 0.3 is 0 Å². The molecule has 1 radical (unpaired) electrons. The van der Waals surface area contributed by atoms with Crippen LogP contribution in [0.4, 0.5) is 0 Å². The molecular weight excluding hydrogens is 240 g/mol. The first-order valence-corrected chi connectivity index (χ1v) is 8.29. The Hall–Kier alpha value is -0.260. The van der Waals surface area contributed by atoms with Crippen molar-refractivity contribution in [3.05, 3.63) is 18.6 Å². The van der Waals surface area contributed by atoms with Crippen molar-refractivity contribution < 1.29 is 0 Å². The van der Waals surface area contributed by atoms with Gasteiger partial charge in [-0.05, 0) is 46.3 Å². The van der Waals surface area contributed by atoms with Crippen LogP contribution in [0.15, 0.2) is 12.7 Å². The van der Waals surface area contributed by atoms with E-state index in [-0.39, 0.29) is 21.7 Å². The first-order valence-electron chi connectivity index (χ1n) is 8.29. The van der Waals surface area contributed by atoms with Crippen LogP contribution in [-0.4, -0.2) is 0 Å². The predicted octanol–water partition coefficient (Wildman–Crippen LogP) is 6.67. The second-order valence-corrected chi connectivity index (χ2v) is 9.77. The lowest BCUT2D eigenvalue weighted by Gasteiger charge is -2.66. The minimum atomic E-state index is 0.220. The third-order valence-corrected chi connectivity index (χ3v) is 5.53. The summed E-state index contributed by atoms with van der Waals surface area (Å²) in [7, 11) is 0. The standard InChI is InChI=1S/C20H37/c1-11-15-13-12-14-16(17(2,3)4)20(15,18(5,6)7)19(8,9)10/h11,15H,1,12-14H2,2-10H3. The van der Waals surface area contributed by atoms with Crippen LogP contribution >= 0.6 is 0 Å². The largest absolute Gasteiger partial charge is 0.103 e. The maximum absolute atomic E-state index is 4.21. The molecule has 0 aliphatic heterocycles. The number of rotatable bonds is 1. The first kappa shape index (κ1) is 17.8. The van der Waals surface area contributed by atoms with Gasteiger partial charge in [-0.1, -0.05) is 74.8 Å². The van der Waals surface area contributed by atoms with Crippen LogP contribution in [-0.2, 0) is 0 Å². The van der Waals surface area contributed by atoms with Crippen LogP contribution in [0.5, 0.6) is 0 Å². The van der Waals surface area contributed by atoms with Crippen molar-refractivity contribution in [3.8, 4) is 0 Å². The van der Waals surface area contributed by atoms with Gasteiger partial charge in [-0.25, -0.2) is 0 Å². The van der Waals surface area contributed by atoms with Crippen molar-refractivity contribution in [2.24, 2.45) is 27.6 Å². The summed E-state index contributed by atoms with van der Waals surface area (Å²) in [4.78, 5) is 0. The van der Waals surface area contributed by atoms with Gasteiger partial charge in [-0.3, -0.25) is 0 Å². The van der Waals surface area contributed by atoms with Gasteiger partial charge < -0.3 is 0 Å². The minimum Gasteiger partial charge on any atom is -0.103 e. The van der Waals surface area contributed by atoms with E-state index in [1.54, 1.807) is 5.92 Å². The normalized spacial score (nSPS) is 25.6. The molecule has 0 N–H and O–H groups in total. The van der Waals surface area contributed by atoms with E-state index >= 15 is 0 Å². The summed E-state index contributed by atoms with van der Waals surface area (Å²) in [6.07, 6.45) is 6.14. The Labute approximate surface area is 128 Å². The van der Waals surface area contributed by atoms with E-state index < -0.39 is 0 Å². The van der Waals surface area contributed by atoms with E-state index in [4.69, 9.17) is 0 Å². The fourth-order valence-electron chi connectivity index (χ4n) is 5.54. The molecule has 1 saturated carbocycles. The Bertz CT molecular complexity index is 326. The Morgan fingerprint density at radius 2 is 1.40 bits per heavy atom. The van der Waals surface area contributed by atoms with Crippen LogP contribution in [0.1, 0.15) is 81.6 Å². The minimum absolute atomic E-state index is 0.220. The SMILES string of the molecule is C=CC1CCC[C](C(C)(C)C)C1(C(C)(C)C)C(C)(C)C. The Morgan fingerprint density at radius 3 is 1.70 bits per heavy atom. The molecule has 0 bridgehead atoms. The Kier molecular flexibility index (Phi) is 4.61. The molecule has 0 aromatic rings. The van der Waals surface area contributed by atoms with E-state index in [0.29, 0.717) is 5.92 Å². The highest BCUT2D eigenvalue weighted by Gasteiger charge is 2.62. The van der Waals surface area contributed by atoms with Crippen LogP contribution < -0.4 is 0 Å². The summed E-state index contributed by atoms with van der Waals surface area (Å²) in [6, 6.07) is 0. The molecule has 20 heavy (non-hydrogen) atoms. The van der Waals surface area contributed by atoms with E-state index in [1.165, 1.54) is 19.3 Å². The van der Waals surface area contributed by atoms with E-state index in [9.17, 15) is 0 Å². The van der Waals surface area contributed by atoms with Crippen molar-refractivity contribution in [2.45, 2.75) is 81.6 Å². The summed E-state index contributed by atoms with van der Waals surface area (Å²) in [5.74, 6) is 2.35. The summed E-state index contributed by atoms with van der Waals surface area (Å²) in [5.41, 5.74) is 0.973. The Morgan fingerprint density at radius 1 is 0.950 bits per heavy atom. The molecule has 0 heterocycles. The predicted molar refractivity (Wildman–Crippen MR) is 91.6 cm³/mol. The van der Waals surface area contributed by atoms with E-state index in [1.807, 2.05) is 0 Å². The molecule has 1 aliphatic carbocycles. The molecule has 1 rings (SSSR count). The van der Waals surface area contributed by atoms with Crippen LogP contribution in [0, 0.1) is 33.5 Å². The number of hydrogen-bond donors (Lipinski definition) is 0. The summed E-state index contributed by atoms with van der Waals surface area (Å²) >= 11 is 0. The third kappa shape index (κ3) is 2.60. The molecule has 1 atom stereocenters. The lowest BCUT2D eigenvalue weighted by molar-refractivity contribution is -0.0942. The maximum atomic E-state index is 4.21. The molecule has 1 aliphatic rings. The average Bonchev–Trinajstić information content (AvgIpc) is 2.23. The highest BCUT2D eigenvalue weighted by Crippen LogP contribution is 2.69.